The van der Waals surface area contributed by atoms with Crippen molar-refractivity contribution >= 4 is 27.3 Å². The van der Waals surface area contributed by atoms with Crippen LogP contribution in [0.2, 0.25) is 0 Å². The van der Waals surface area contributed by atoms with E-state index >= 15 is 0 Å². The van der Waals surface area contributed by atoms with Gasteiger partial charge in [0.25, 0.3) is 0 Å². The van der Waals surface area contributed by atoms with Crippen molar-refractivity contribution in [1.29, 1.82) is 0 Å². The Hall–Kier alpha value is -0.960. The van der Waals surface area contributed by atoms with Crippen molar-refractivity contribution in [2.24, 2.45) is 0 Å². The van der Waals surface area contributed by atoms with Crippen LogP contribution < -0.4 is 0 Å². The number of hydrogen-bond donors (Lipinski definition) is 0. The molecular formula is C6H2BrF3N4S. The van der Waals surface area contributed by atoms with Crippen LogP contribution in [0.1, 0.15) is 5.56 Å². The zero-order valence-corrected chi connectivity index (χ0v) is 9.27. The van der Waals surface area contributed by atoms with Gasteiger partial charge in [-0.1, -0.05) is 11.3 Å². The normalized spacial score (nSPS) is 12.0. The van der Waals surface area contributed by atoms with E-state index in [9.17, 15) is 13.2 Å². The lowest BCUT2D eigenvalue weighted by molar-refractivity contribution is -0.137. The molecule has 0 aliphatic carbocycles. The van der Waals surface area contributed by atoms with E-state index in [2.05, 4.69) is 31.2 Å². The molecule has 0 aromatic carbocycles. The topological polar surface area (TPSA) is 43.6 Å². The Morgan fingerprint density at radius 2 is 2.07 bits per heavy atom. The first-order chi connectivity index (χ1) is 6.97. The molecule has 0 saturated carbocycles. The number of alkyl halides is 3. The Balaban J connectivity index is 2.36. The van der Waals surface area contributed by atoms with Gasteiger partial charge in [-0.25, -0.2) is 4.68 Å². The molecule has 0 radical (unpaired) electrons. The van der Waals surface area contributed by atoms with E-state index in [4.69, 9.17) is 0 Å². The molecule has 0 aliphatic rings. The zero-order chi connectivity index (χ0) is 11.1. The van der Waals surface area contributed by atoms with Gasteiger partial charge in [0.15, 0.2) is 3.92 Å². The smallest absolute Gasteiger partial charge is 0.212 e. The molecule has 9 heteroatoms. The van der Waals surface area contributed by atoms with Crippen molar-refractivity contribution in [2.45, 2.75) is 6.18 Å². The number of nitrogens with zero attached hydrogens (tertiary/aromatic N) is 4. The average molecular weight is 299 g/mol. The van der Waals surface area contributed by atoms with Gasteiger partial charge in [-0.2, -0.15) is 18.3 Å². The molecule has 0 spiro atoms. The fraction of sp³-hybridized carbons (Fsp3) is 0.167. The molecule has 0 bridgehead atoms. The molecule has 80 valence electrons. The lowest BCUT2D eigenvalue weighted by atomic mass is 10.4. The molecule has 0 fully saturated rings. The summed E-state index contributed by atoms with van der Waals surface area (Å²) in [5.74, 6) is 0. The average Bonchev–Trinajstić information content (AvgIpc) is 2.69. The molecule has 15 heavy (non-hydrogen) atoms. The molecule has 0 atom stereocenters. The van der Waals surface area contributed by atoms with E-state index in [0.717, 1.165) is 28.4 Å². The van der Waals surface area contributed by atoms with Crippen LogP contribution in [0, 0.1) is 0 Å². The van der Waals surface area contributed by atoms with Crippen molar-refractivity contribution in [1.82, 2.24) is 20.0 Å². The maximum Gasteiger partial charge on any atom is 0.419 e. The highest BCUT2D eigenvalue weighted by atomic mass is 79.9. The number of rotatable bonds is 1. The highest BCUT2D eigenvalue weighted by molar-refractivity contribution is 9.11. The second-order valence-corrected chi connectivity index (χ2v) is 4.74. The fourth-order valence-electron chi connectivity index (χ4n) is 0.865. The third-order valence-electron chi connectivity index (χ3n) is 1.50. The lowest BCUT2D eigenvalue weighted by Gasteiger charge is -1.99. The third kappa shape index (κ3) is 2.17. The summed E-state index contributed by atoms with van der Waals surface area (Å²) in [6.07, 6.45) is -2.78. The second-order valence-electron chi connectivity index (χ2n) is 2.51. The number of hydrogen-bond acceptors (Lipinski definition) is 4. The van der Waals surface area contributed by atoms with Crippen molar-refractivity contribution in [3.8, 4) is 5.13 Å². The van der Waals surface area contributed by atoms with Crippen LogP contribution in [0.25, 0.3) is 5.13 Å². The largest absolute Gasteiger partial charge is 0.419 e. The quantitative estimate of drug-likeness (QED) is 0.812. The van der Waals surface area contributed by atoms with E-state index in [1.807, 2.05) is 0 Å². The van der Waals surface area contributed by atoms with Crippen LogP contribution >= 0.6 is 27.3 Å². The Kier molecular flexibility index (Phi) is 2.51. The van der Waals surface area contributed by atoms with Gasteiger partial charge < -0.3 is 0 Å². The number of aromatic nitrogens is 4. The monoisotopic (exact) mass is 298 g/mol. The summed E-state index contributed by atoms with van der Waals surface area (Å²) in [4.78, 5) is 0. The van der Waals surface area contributed by atoms with Gasteiger partial charge in [-0.15, -0.1) is 10.2 Å². The van der Waals surface area contributed by atoms with Gasteiger partial charge >= 0.3 is 6.18 Å². The maximum atomic E-state index is 12.2. The van der Waals surface area contributed by atoms with Crippen molar-refractivity contribution in [3.63, 3.8) is 0 Å². The van der Waals surface area contributed by atoms with E-state index in [1.165, 1.54) is 0 Å². The van der Waals surface area contributed by atoms with Crippen LogP contribution in [-0.2, 0) is 6.18 Å². The molecular weight excluding hydrogens is 297 g/mol. The van der Waals surface area contributed by atoms with Gasteiger partial charge in [0.2, 0.25) is 5.13 Å². The first kappa shape index (κ1) is 10.6. The molecule has 2 aromatic rings. The number of halogens is 4. The van der Waals surface area contributed by atoms with Gasteiger partial charge in [0.05, 0.1) is 11.8 Å². The Morgan fingerprint density at radius 1 is 1.33 bits per heavy atom. The highest BCUT2D eigenvalue weighted by Gasteiger charge is 2.32. The maximum absolute atomic E-state index is 12.2. The van der Waals surface area contributed by atoms with E-state index in [0.29, 0.717) is 3.92 Å². The predicted octanol–water partition coefficient (Wildman–Crippen LogP) is 2.51. The van der Waals surface area contributed by atoms with Crippen LogP contribution in [0.15, 0.2) is 16.3 Å². The molecule has 2 aromatic heterocycles. The lowest BCUT2D eigenvalue weighted by Crippen LogP contribution is -2.02. The van der Waals surface area contributed by atoms with E-state index < -0.39 is 11.7 Å². The first-order valence-corrected chi connectivity index (χ1v) is 5.19. The standard InChI is InChI=1S/C6H2BrF3N4S/c7-4-12-13-5(15-4)14-2-3(1-11-14)6(8,9)10/h1-2H. The van der Waals surface area contributed by atoms with Crippen molar-refractivity contribution < 1.29 is 13.2 Å². The summed E-state index contributed by atoms with van der Waals surface area (Å²) in [5, 5.41) is 11.1. The first-order valence-electron chi connectivity index (χ1n) is 3.58. The van der Waals surface area contributed by atoms with Crippen LogP contribution in [0.3, 0.4) is 0 Å². The molecule has 0 N–H and O–H groups in total. The van der Waals surface area contributed by atoms with Crippen molar-refractivity contribution in [3.05, 3.63) is 21.9 Å². The summed E-state index contributed by atoms with van der Waals surface area (Å²) in [6, 6.07) is 0. The summed E-state index contributed by atoms with van der Waals surface area (Å²) in [5.41, 5.74) is -0.811. The van der Waals surface area contributed by atoms with Crippen LogP contribution in [0.5, 0.6) is 0 Å². The van der Waals surface area contributed by atoms with Crippen molar-refractivity contribution in [2.75, 3.05) is 0 Å². The molecule has 4 nitrogen and oxygen atoms in total. The van der Waals surface area contributed by atoms with Crippen LogP contribution in [0.4, 0.5) is 13.2 Å². The minimum absolute atomic E-state index is 0.275. The second kappa shape index (κ2) is 3.56. The molecule has 0 saturated heterocycles. The van der Waals surface area contributed by atoms with Gasteiger partial charge in [0, 0.05) is 6.20 Å². The fourth-order valence-corrected chi connectivity index (χ4v) is 1.89. The summed E-state index contributed by atoms with van der Waals surface area (Å²) >= 11 is 4.15. The summed E-state index contributed by atoms with van der Waals surface area (Å²) < 4.78 is 38.2. The molecule has 2 heterocycles. The van der Waals surface area contributed by atoms with E-state index in [-0.39, 0.29) is 5.13 Å². The van der Waals surface area contributed by atoms with Gasteiger partial charge in [-0.3, -0.25) is 0 Å². The molecule has 0 amide bonds. The van der Waals surface area contributed by atoms with Crippen LogP contribution in [-0.4, -0.2) is 20.0 Å². The minimum Gasteiger partial charge on any atom is -0.212 e. The highest BCUT2D eigenvalue weighted by Crippen LogP contribution is 2.29. The molecule has 2 rings (SSSR count). The third-order valence-corrected chi connectivity index (χ3v) is 2.84. The molecule has 0 unspecified atom stereocenters. The van der Waals surface area contributed by atoms with Gasteiger partial charge in [-0.05, 0) is 15.9 Å². The SMILES string of the molecule is FC(F)(F)c1cnn(-c2nnc(Br)s2)c1. The Morgan fingerprint density at radius 3 is 2.53 bits per heavy atom. The van der Waals surface area contributed by atoms with Gasteiger partial charge in [0.1, 0.15) is 0 Å². The van der Waals surface area contributed by atoms with E-state index in [1.54, 1.807) is 0 Å². The molecule has 0 aliphatic heterocycles. The summed E-state index contributed by atoms with van der Waals surface area (Å²) in [6.45, 7) is 0. The summed E-state index contributed by atoms with van der Waals surface area (Å²) in [7, 11) is 0. The minimum atomic E-state index is -4.39. The Labute approximate surface area is 93.9 Å². The predicted molar refractivity (Wildman–Crippen MR) is 49.7 cm³/mol. The Bertz CT molecular complexity index is 477. The zero-order valence-electron chi connectivity index (χ0n) is 6.86.